The molecule has 0 saturated heterocycles. The van der Waals surface area contributed by atoms with Crippen LogP contribution in [0.1, 0.15) is 25.5 Å². The minimum absolute atomic E-state index is 0.00825. The fourth-order valence-corrected chi connectivity index (χ4v) is 5.54. The first-order chi connectivity index (χ1) is 14.6. The monoisotopic (exact) mass is 483 g/mol. The summed E-state index contributed by atoms with van der Waals surface area (Å²) in [7, 11) is -2.54. The van der Waals surface area contributed by atoms with Crippen molar-refractivity contribution in [2.24, 2.45) is 7.05 Å². The third kappa shape index (κ3) is 4.94. The molecule has 1 amide bonds. The highest BCUT2D eigenvalue weighted by atomic mass is 35.5. The molecule has 0 radical (unpaired) electrons. The van der Waals surface area contributed by atoms with Gasteiger partial charge in [0.25, 0.3) is 10.0 Å². The van der Waals surface area contributed by atoms with Gasteiger partial charge in [-0.25, -0.2) is 12.7 Å². The summed E-state index contributed by atoms with van der Waals surface area (Å²) < 4.78 is 29.9. The molecule has 3 aromatic rings. The second-order valence-electron chi connectivity index (χ2n) is 6.97. The Morgan fingerprint density at radius 1 is 1.13 bits per heavy atom. The van der Waals surface area contributed by atoms with Crippen molar-refractivity contribution in [1.29, 1.82) is 0 Å². The Bertz CT molecular complexity index is 1190. The van der Waals surface area contributed by atoms with Gasteiger partial charge >= 0.3 is 0 Å². The van der Waals surface area contributed by atoms with E-state index in [2.05, 4.69) is 10.2 Å². The van der Waals surface area contributed by atoms with Gasteiger partial charge in [0.1, 0.15) is 10.0 Å². The number of carbonyl (C=O) groups excluding carboxylic acids is 1. The van der Waals surface area contributed by atoms with Crippen LogP contribution in [0.3, 0.4) is 0 Å². The van der Waals surface area contributed by atoms with E-state index in [-0.39, 0.29) is 28.7 Å². The average molecular weight is 484 g/mol. The van der Waals surface area contributed by atoms with Crippen molar-refractivity contribution in [3.05, 3.63) is 52.4 Å². The molecule has 31 heavy (non-hydrogen) atoms. The van der Waals surface area contributed by atoms with E-state index in [1.807, 2.05) is 24.4 Å². The third-order valence-corrected chi connectivity index (χ3v) is 7.62. The highest BCUT2D eigenvalue weighted by Gasteiger charge is 2.33. The number of nitrogens with zero attached hydrogens (tertiary/aromatic N) is 5. The molecular weight excluding hydrogens is 461 g/mol. The van der Waals surface area contributed by atoms with Crippen molar-refractivity contribution in [2.75, 3.05) is 6.54 Å². The molecule has 8 nitrogen and oxygen atoms in total. The first-order valence-corrected chi connectivity index (χ1v) is 11.9. The number of benzene rings is 1. The molecule has 0 aliphatic heterocycles. The Morgan fingerprint density at radius 3 is 2.39 bits per heavy atom. The summed E-state index contributed by atoms with van der Waals surface area (Å²) in [5.41, 5.74) is 1.98. The minimum Gasteiger partial charge on any atom is -0.274 e. The lowest BCUT2D eigenvalue weighted by Crippen LogP contribution is -2.37. The summed E-state index contributed by atoms with van der Waals surface area (Å²) in [5, 5.41) is 9.17. The van der Waals surface area contributed by atoms with Gasteiger partial charge in [0, 0.05) is 43.3 Å². The summed E-state index contributed by atoms with van der Waals surface area (Å²) in [4.78, 5) is 12.6. The van der Waals surface area contributed by atoms with E-state index in [1.54, 1.807) is 37.7 Å². The lowest BCUT2D eigenvalue weighted by atomic mass is 10.2. The number of aryl methyl sites for hydroxylation is 3. The SMILES string of the molecule is CCN(C(=O)CCCn1ccc(-c2ccc(Cl)cc2)n1)S(=O)(=O)c1c(C)nn(C)c1Cl. The molecule has 0 fully saturated rings. The van der Waals surface area contributed by atoms with Crippen LogP contribution in [0.25, 0.3) is 11.3 Å². The Labute approximate surface area is 191 Å². The molecule has 0 aliphatic rings. The van der Waals surface area contributed by atoms with Crippen LogP contribution >= 0.6 is 23.2 Å². The van der Waals surface area contributed by atoms with Crippen molar-refractivity contribution in [2.45, 2.75) is 38.1 Å². The normalized spacial score (nSPS) is 11.6. The van der Waals surface area contributed by atoms with Crippen LogP contribution in [-0.2, 0) is 28.4 Å². The number of hydrogen-bond acceptors (Lipinski definition) is 5. The molecule has 3 rings (SSSR count). The van der Waals surface area contributed by atoms with Crippen LogP contribution in [0.4, 0.5) is 0 Å². The van der Waals surface area contributed by atoms with E-state index in [0.717, 1.165) is 15.6 Å². The Hall–Kier alpha value is -2.36. The zero-order chi connectivity index (χ0) is 22.8. The van der Waals surface area contributed by atoms with Crippen LogP contribution in [0.15, 0.2) is 41.4 Å². The van der Waals surface area contributed by atoms with E-state index >= 15 is 0 Å². The predicted octanol–water partition coefficient (Wildman–Crippen LogP) is 3.92. The molecule has 0 spiro atoms. The van der Waals surface area contributed by atoms with Crippen molar-refractivity contribution < 1.29 is 13.2 Å². The van der Waals surface area contributed by atoms with E-state index in [4.69, 9.17) is 23.2 Å². The maximum atomic E-state index is 13.0. The molecule has 2 heterocycles. The van der Waals surface area contributed by atoms with Crippen LogP contribution in [-0.4, -0.2) is 44.7 Å². The van der Waals surface area contributed by atoms with Crippen molar-refractivity contribution in [1.82, 2.24) is 23.9 Å². The summed E-state index contributed by atoms with van der Waals surface area (Å²) in [6.45, 7) is 3.64. The highest BCUT2D eigenvalue weighted by Crippen LogP contribution is 2.28. The molecular formula is C20H23Cl2N5O3S. The minimum atomic E-state index is -4.09. The largest absolute Gasteiger partial charge is 0.274 e. The average Bonchev–Trinajstić information content (AvgIpc) is 3.27. The molecule has 0 saturated carbocycles. The van der Waals surface area contributed by atoms with Gasteiger partial charge in [-0.05, 0) is 38.5 Å². The number of sulfonamides is 1. The second kappa shape index (κ2) is 9.42. The second-order valence-corrected chi connectivity index (χ2v) is 9.56. The molecule has 2 aromatic heterocycles. The van der Waals surface area contributed by atoms with Gasteiger partial charge in [0.05, 0.1) is 11.4 Å². The van der Waals surface area contributed by atoms with Gasteiger partial charge in [-0.1, -0.05) is 35.3 Å². The van der Waals surface area contributed by atoms with Crippen LogP contribution in [0, 0.1) is 6.92 Å². The third-order valence-electron chi connectivity index (χ3n) is 4.77. The fraction of sp³-hybridized carbons (Fsp3) is 0.350. The van der Waals surface area contributed by atoms with Gasteiger partial charge in [-0.15, -0.1) is 0 Å². The van der Waals surface area contributed by atoms with Crippen LogP contribution < -0.4 is 0 Å². The van der Waals surface area contributed by atoms with Gasteiger partial charge in [-0.2, -0.15) is 10.2 Å². The predicted molar refractivity (Wildman–Crippen MR) is 119 cm³/mol. The lowest BCUT2D eigenvalue weighted by Gasteiger charge is -2.20. The van der Waals surface area contributed by atoms with E-state index in [9.17, 15) is 13.2 Å². The van der Waals surface area contributed by atoms with E-state index in [1.165, 1.54) is 4.68 Å². The number of amides is 1. The zero-order valence-corrected chi connectivity index (χ0v) is 19.7. The van der Waals surface area contributed by atoms with E-state index < -0.39 is 15.9 Å². The van der Waals surface area contributed by atoms with Crippen LogP contribution in [0.2, 0.25) is 10.2 Å². The maximum Gasteiger partial charge on any atom is 0.271 e. The molecule has 166 valence electrons. The van der Waals surface area contributed by atoms with Crippen molar-refractivity contribution >= 4 is 39.1 Å². The molecule has 1 aromatic carbocycles. The van der Waals surface area contributed by atoms with Crippen LogP contribution in [0.5, 0.6) is 0 Å². The lowest BCUT2D eigenvalue weighted by molar-refractivity contribution is -0.126. The maximum absolute atomic E-state index is 13.0. The summed E-state index contributed by atoms with van der Waals surface area (Å²) in [6.07, 6.45) is 2.31. The first kappa shape index (κ1) is 23.3. The van der Waals surface area contributed by atoms with Gasteiger partial charge in [-0.3, -0.25) is 14.2 Å². The van der Waals surface area contributed by atoms with Crippen molar-refractivity contribution in [3.8, 4) is 11.3 Å². The van der Waals surface area contributed by atoms with Crippen molar-refractivity contribution in [3.63, 3.8) is 0 Å². The first-order valence-electron chi connectivity index (χ1n) is 9.69. The van der Waals surface area contributed by atoms with Gasteiger partial charge in [0.15, 0.2) is 0 Å². The Morgan fingerprint density at radius 2 is 1.81 bits per heavy atom. The number of rotatable bonds is 8. The molecule has 0 unspecified atom stereocenters. The molecule has 0 aliphatic carbocycles. The summed E-state index contributed by atoms with van der Waals surface area (Å²) in [5.74, 6) is -0.494. The smallest absolute Gasteiger partial charge is 0.271 e. The molecule has 0 N–H and O–H groups in total. The quantitative estimate of drug-likeness (QED) is 0.484. The van der Waals surface area contributed by atoms with Gasteiger partial charge in [0.2, 0.25) is 5.91 Å². The standard InChI is InChI=1S/C20H23Cl2N5O3S/c1-4-27(31(29,30)19-14(2)23-25(3)20(19)22)18(28)6-5-12-26-13-11-17(24-26)15-7-9-16(21)10-8-15/h7-11,13H,4-6,12H2,1-3H3. The number of halogens is 2. The molecule has 11 heteroatoms. The molecule has 0 atom stereocenters. The Balaban J connectivity index is 1.65. The highest BCUT2D eigenvalue weighted by molar-refractivity contribution is 7.89. The number of hydrogen-bond donors (Lipinski definition) is 0. The molecule has 0 bridgehead atoms. The summed E-state index contributed by atoms with van der Waals surface area (Å²) >= 11 is 12.0. The van der Waals surface area contributed by atoms with Gasteiger partial charge < -0.3 is 0 Å². The topological polar surface area (TPSA) is 90.1 Å². The zero-order valence-electron chi connectivity index (χ0n) is 17.4. The Kier molecular flexibility index (Phi) is 7.08. The summed E-state index contributed by atoms with van der Waals surface area (Å²) in [6, 6.07) is 9.23. The fourth-order valence-electron chi connectivity index (χ4n) is 3.27. The number of carbonyl (C=O) groups is 1. The number of aromatic nitrogens is 4. The van der Waals surface area contributed by atoms with E-state index in [0.29, 0.717) is 18.0 Å².